The number of nitrogens with one attached hydrogen (secondary N) is 1. The van der Waals surface area contributed by atoms with Gasteiger partial charge in [0.05, 0.1) is 24.7 Å². The zero-order valence-corrected chi connectivity index (χ0v) is 11.6. The number of amides is 1. The molecular weight excluding hydrogens is 268 g/mol. The molecule has 104 valence electrons. The summed E-state index contributed by atoms with van der Waals surface area (Å²) in [5, 5.41) is 13.7. The first-order valence-electron chi connectivity index (χ1n) is 6.08. The van der Waals surface area contributed by atoms with E-state index in [0.717, 1.165) is 6.42 Å². The van der Waals surface area contributed by atoms with Crippen LogP contribution in [-0.2, 0) is 9.53 Å². The predicted octanol–water partition coefficient (Wildman–Crippen LogP) is 1.44. The topological polar surface area (TPSA) is 88.5 Å². The number of carboxylic acid groups (broad SMARTS) is 1. The number of nitrogens with zero attached hydrogens (tertiary/aromatic N) is 1. The smallest absolute Gasteiger partial charge is 0.355 e. The van der Waals surface area contributed by atoms with Crippen molar-refractivity contribution in [3.63, 3.8) is 0 Å². The molecule has 0 spiro atoms. The van der Waals surface area contributed by atoms with Gasteiger partial charge >= 0.3 is 5.97 Å². The highest BCUT2D eigenvalue weighted by atomic mass is 32.1. The molecule has 6 nitrogen and oxygen atoms in total. The summed E-state index contributed by atoms with van der Waals surface area (Å²) < 4.78 is 5.36. The van der Waals surface area contributed by atoms with Crippen LogP contribution in [0.25, 0.3) is 0 Å². The molecule has 1 aromatic rings. The number of aromatic nitrogens is 1. The number of hydrogen-bond donors (Lipinski definition) is 2. The van der Waals surface area contributed by atoms with Crippen molar-refractivity contribution < 1.29 is 19.4 Å². The van der Waals surface area contributed by atoms with Crippen LogP contribution in [0.5, 0.6) is 0 Å². The van der Waals surface area contributed by atoms with Gasteiger partial charge < -0.3 is 15.2 Å². The number of carboxylic acids is 1. The Bertz CT molecular complexity index is 488. The third-order valence-corrected chi connectivity index (χ3v) is 4.07. The van der Waals surface area contributed by atoms with Gasteiger partial charge in [-0.15, -0.1) is 11.3 Å². The van der Waals surface area contributed by atoms with E-state index in [0.29, 0.717) is 11.6 Å². The summed E-state index contributed by atoms with van der Waals surface area (Å²) in [6, 6.07) is -0.290. The predicted molar refractivity (Wildman–Crippen MR) is 69.2 cm³/mol. The molecule has 3 unspecified atom stereocenters. The Morgan fingerprint density at radius 2 is 2.37 bits per heavy atom. The highest BCUT2D eigenvalue weighted by molar-refractivity contribution is 7.09. The fourth-order valence-corrected chi connectivity index (χ4v) is 2.78. The van der Waals surface area contributed by atoms with Crippen molar-refractivity contribution in [2.45, 2.75) is 32.4 Å². The first kappa shape index (κ1) is 14.0. The van der Waals surface area contributed by atoms with Crippen LogP contribution in [0.4, 0.5) is 0 Å². The van der Waals surface area contributed by atoms with Crippen molar-refractivity contribution >= 4 is 23.2 Å². The molecule has 0 aromatic carbocycles. The average Bonchev–Trinajstić information content (AvgIpc) is 2.96. The highest BCUT2D eigenvalue weighted by Gasteiger charge is 2.29. The van der Waals surface area contributed by atoms with Gasteiger partial charge in [-0.25, -0.2) is 9.78 Å². The van der Waals surface area contributed by atoms with Crippen molar-refractivity contribution in [2.75, 3.05) is 6.61 Å². The van der Waals surface area contributed by atoms with Crippen molar-refractivity contribution in [3.8, 4) is 0 Å². The van der Waals surface area contributed by atoms with E-state index >= 15 is 0 Å². The number of rotatable bonds is 4. The quantitative estimate of drug-likeness (QED) is 0.873. The molecular formula is C12H16N2O4S. The molecule has 0 radical (unpaired) electrons. The molecule has 1 saturated heterocycles. The Kier molecular flexibility index (Phi) is 4.16. The maximum Gasteiger partial charge on any atom is 0.355 e. The fourth-order valence-electron chi connectivity index (χ4n) is 1.98. The van der Waals surface area contributed by atoms with Gasteiger partial charge in [0.1, 0.15) is 5.01 Å². The molecule has 1 amide bonds. The Morgan fingerprint density at radius 1 is 1.63 bits per heavy atom. The minimum atomic E-state index is -1.06. The molecule has 0 aliphatic carbocycles. The van der Waals surface area contributed by atoms with E-state index in [9.17, 15) is 9.59 Å². The summed E-state index contributed by atoms with van der Waals surface area (Å²) in [7, 11) is 0. The Hall–Kier alpha value is -1.47. The molecule has 2 N–H and O–H groups in total. The maximum absolute atomic E-state index is 12.0. The second-order valence-electron chi connectivity index (χ2n) is 4.68. The van der Waals surface area contributed by atoms with Crippen LogP contribution in [-0.4, -0.2) is 34.7 Å². The van der Waals surface area contributed by atoms with E-state index in [4.69, 9.17) is 9.84 Å². The molecule has 1 aromatic heterocycles. The monoisotopic (exact) mass is 284 g/mol. The molecule has 2 heterocycles. The lowest BCUT2D eigenvalue weighted by atomic mass is 10.1. The van der Waals surface area contributed by atoms with Gasteiger partial charge in [-0.05, 0) is 20.3 Å². The fraction of sp³-hybridized carbons (Fsp3) is 0.583. The first-order chi connectivity index (χ1) is 8.97. The molecule has 0 saturated carbocycles. The van der Waals surface area contributed by atoms with Gasteiger partial charge in [-0.3, -0.25) is 4.79 Å². The lowest BCUT2D eigenvalue weighted by Gasteiger charge is -2.14. The van der Waals surface area contributed by atoms with Crippen LogP contribution in [0.3, 0.4) is 0 Å². The van der Waals surface area contributed by atoms with Crippen LogP contribution in [0, 0.1) is 5.92 Å². The van der Waals surface area contributed by atoms with Crippen molar-refractivity contribution in [1.29, 1.82) is 0 Å². The summed E-state index contributed by atoms with van der Waals surface area (Å²) in [5.41, 5.74) is 0.0129. The normalized spacial score (nSPS) is 24.1. The highest BCUT2D eigenvalue weighted by Crippen LogP contribution is 2.22. The SMILES string of the molecule is CC1CC(C(=O)NC(C)c2nc(C(=O)O)cs2)CO1. The lowest BCUT2D eigenvalue weighted by Crippen LogP contribution is -2.33. The lowest BCUT2D eigenvalue weighted by molar-refractivity contribution is -0.125. The van der Waals surface area contributed by atoms with Crippen LogP contribution < -0.4 is 5.32 Å². The van der Waals surface area contributed by atoms with Crippen LogP contribution in [0.15, 0.2) is 5.38 Å². The standard InChI is InChI=1S/C12H16N2O4S/c1-6-3-8(4-18-6)10(15)13-7(2)11-14-9(5-19-11)12(16)17/h5-8H,3-4H2,1-2H3,(H,13,15)(H,16,17). The minimum Gasteiger partial charge on any atom is -0.476 e. The zero-order chi connectivity index (χ0) is 14.0. The zero-order valence-electron chi connectivity index (χ0n) is 10.8. The van der Waals surface area contributed by atoms with Gasteiger partial charge in [-0.2, -0.15) is 0 Å². The second-order valence-corrected chi connectivity index (χ2v) is 5.57. The van der Waals surface area contributed by atoms with Gasteiger partial charge in [0.15, 0.2) is 5.69 Å². The number of ether oxygens (including phenoxy) is 1. The molecule has 3 atom stereocenters. The summed E-state index contributed by atoms with van der Waals surface area (Å²) in [6.45, 7) is 4.18. The van der Waals surface area contributed by atoms with Gasteiger partial charge in [-0.1, -0.05) is 0 Å². The second kappa shape index (κ2) is 5.66. The number of hydrogen-bond acceptors (Lipinski definition) is 5. The third-order valence-electron chi connectivity index (χ3n) is 3.04. The van der Waals surface area contributed by atoms with Crippen molar-refractivity contribution in [1.82, 2.24) is 10.3 Å². The number of carbonyl (C=O) groups excluding carboxylic acids is 1. The minimum absolute atomic E-state index is 0.0129. The first-order valence-corrected chi connectivity index (χ1v) is 6.96. The molecule has 1 aliphatic rings. The Labute approximate surface area is 114 Å². The Balaban J connectivity index is 1.94. The van der Waals surface area contributed by atoms with E-state index < -0.39 is 5.97 Å². The van der Waals surface area contributed by atoms with Crippen LogP contribution in [0.1, 0.15) is 41.8 Å². The van der Waals surface area contributed by atoms with E-state index in [1.165, 1.54) is 16.7 Å². The van der Waals surface area contributed by atoms with Gasteiger partial charge in [0, 0.05) is 5.38 Å². The maximum atomic E-state index is 12.0. The molecule has 1 aliphatic heterocycles. The number of thiazole rings is 1. The molecule has 2 rings (SSSR count). The summed E-state index contributed by atoms with van der Waals surface area (Å²) in [4.78, 5) is 26.7. The van der Waals surface area contributed by atoms with Gasteiger partial charge in [0.2, 0.25) is 5.91 Å². The molecule has 1 fully saturated rings. The molecule has 19 heavy (non-hydrogen) atoms. The molecule has 7 heteroatoms. The summed E-state index contributed by atoms with van der Waals surface area (Å²) in [5.74, 6) is -1.25. The number of aromatic carboxylic acids is 1. The van der Waals surface area contributed by atoms with Gasteiger partial charge in [0.25, 0.3) is 0 Å². The Morgan fingerprint density at radius 3 is 2.89 bits per heavy atom. The van der Waals surface area contributed by atoms with Crippen molar-refractivity contribution in [3.05, 3.63) is 16.1 Å². The number of carbonyl (C=O) groups is 2. The van der Waals surface area contributed by atoms with E-state index in [1.807, 2.05) is 6.92 Å². The van der Waals surface area contributed by atoms with E-state index in [-0.39, 0.29) is 29.7 Å². The summed E-state index contributed by atoms with van der Waals surface area (Å²) >= 11 is 1.23. The van der Waals surface area contributed by atoms with Crippen LogP contribution in [0.2, 0.25) is 0 Å². The van der Waals surface area contributed by atoms with E-state index in [1.54, 1.807) is 6.92 Å². The third kappa shape index (κ3) is 3.30. The summed E-state index contributed by atoms with van der Waals surface area (Å²) in [6.07, 6.45) is 0.834. The largest absolute Gasteiger partial charge is 0.476 e. The van der Waals surface area contributed by atoms with Crippen molar-refractivity contribution in [2.24, 2.45) is 5.92 Å². The molecule has 0 bridgehead atoms. The van der Waals surface area contributed by atoms with E-state index in [2.05, 4.69) is 10.3 Å². The van der Waals surface area contributed by atoms with Crippen LogP contribution >= 0.6 is 11.3 Å². The average molecular weight is 284 g/mol.